The summed E-state index contributed by atoms with van der Waals surface area (Å²) in [5, 5.41) is 3.01. The van der Waals surface area contributed by atoms with E-state index >= 15 is 0 Å². The molecule has 0 aromatic heterocycles. The Hall–Kier alpha value is -2.29. The van der Waals surface area contributed by atoms with Gasteiger partial charge in [-0.3, -0.25) is 4.79 Å². The fraction of sp³-hybridized carbons (Fsp3) is 0.350. The second kappa shape index (κ2) is 7.82. The highest BCUT2D eigenvalue weighted by Crippen LogP contribution is 2.13. The number of aryl methyl sites for hydroxylation is 3. The number of benzene rings is 2. The molecular weight excluding hydrogens is 284 g/mol. The van der Waals surface area contributed by atoms with E-state index in [4.69, 9.17) is 0 Å². The maximum atomic E-state index is 12.2. The molecule has 3 nitrogen and oxygen atoms in total. The molecule has 0 saturated heterocycles. The Morgan fingerprint density at radius 2 is 1.65 bits per heavy atom. The van der Waals surface area contributed by atoms with Gasteiger partial charge in [0.05, 0.1) is 0 Å². The highest BCUT2D eigenvalue weighted by Gasteiger charge is 2.08. The molecule has 0 spiro atoms. The van der Waals surface area contributed by atoms with Gasteiger partial charge in [-0.05, 0) is 51.0 Å². The maximum absolute atomic E-state index is 12.2. The summed E-state index contributed by atoms with van der Waals surface area (Å²) in [5.41, 5.74) is 5.44. The summed E-state index contributed by atoms with van der Waals surface area (Å²) in [6, 6.07) is 14.4. The molecule has 0 aliphatic carbocycles. The molecule has 0 heterocycles. The van der Waals surface area contributed by atoms with E-state index in [9.17, 15) is 4.79 Å². The molecule has 2 rings (SSSR count). The predicted octanol–water partition coefficient (Wildman–Crippen LogP) is 3.87. The summed E-state index contributed by atoms with van der Waals surface area (Å²) in [6.45, 7) is 7.70. The zero-order valence-corrected chi connectivity index (χ0v) is 14.5. The first-order chi connectivity index (χ1) is 11.0. The van der Waals surface area contributed by atoms with Crippen LogP contribution in [0.25, 0.3) is 0 Å². The third-order valence-electron chi connectivity index (χ3n) is 4.06. The van der Waals surface area contributed by atoms with E-state index in [0.29, 0.717) is 6.54 Å². The minimum Gasteiger partial charge on any atom is -0.375 e. The highest BCUT2D eigenvalue weighted by molar-refractivity contribution is 5.95. The summed E-state index contributed by atoms with van der Waals surface area (Å²) >= 11 is 0. The molecule has 23 heavy (non-hydrogen) atoms. The molecule has 2 aromatic carbocycles. The van der Waals surface area contributed by atoms with Crippen molar-refractivity contribution < 1.29 is 4.79 Å². The fourth-order valence-corrected chi connectivity index (χ4v) is 2.61. The summed E-state index contributed by atoms with van der Waals surface area (Å²) in [5.74, 6) is 0.0143. The van der Waals surface area contributed by atoms with E-state index in [1.807, 2.05) is 32.0 Å². The van der Waals surface area contributed by atoms with Crippen molar-refractivity contribution in [2.45, 2.75) is 27.2 Å². The van der Waals surface area contributed by atoms with Crippen LogP contribution < -0.4 is 10.2 Å². The number of carbonyl (C=O) groups is 1. The zero-order valence-electron chi connectivity index (χ0n) is 14.5. The Bertz CT molecular complexity index is 662. The Morgan fingerprint density at radius 1 is 1.00 bits per heavy atom. The third-order valence-corrected chi connectivity index (χ3v) is 4.06. The van der Waals surface area contributed by atoms with Crippen molar-refractivity contribution in [3.63, 3.8) is 0 Å². The minimum atomic E-state index is 0.0143. The normalized spacial score (nSPS) is 10.4. The molecule has 122 valence electrons. The Balaban J connectivity index is 1.78. The van der Waals surface area contributed by atoms with Gasteiger partial charge >= 0.3 is 0 Å². The standard InChI is InChI=1S/C20H26N2O/c1-15-6-9-18(10-7-15)22(4)13-5-12-21-20(23)19-11-8-16(2)14-17(19)3/h6-11,14H,5,12-13H2,1-4H3,(H,21,23). The molecule has 2 aromatic rings. The number of rotatable bonds is 6. The number of nitrogens with one attached hydrogen (secondary N) is 1. The van der Waals surface area contributed by atoms with E-state index in [-0.39, 0.29) is 5.91 Å². The topological polar surface area (TPSA) is 32.3 Å². The lowest BCUT2D eigenvalue weighted by atomic mass is 10.1. The first-order valence-corrected chi connectivity index (χ1v) is 8.10. The van der Waals surface area contributed by atoms with Crippen LogP contribution in [0.4, 0.5) is 5.69 Å². The summed E-state index contributed by atoms with van der Waals surface area (Å²) in [4.78, 5) is 14.4. The van der Waals surface area contributed by atoms with Crippen LogP contribution in [0.3, 0.4) is 0 Å². The van der Waals surface area contributed by atoms with E-state index < -0.39 is 0 Å². The van der Waals surface area contributed by atoms with Gasteiger partial charge in [0.2, 0.25) is 0 Å². The van der Waals surface area contributed by atoms with Crippen LogP contribution in [-0.4, -0.2) is 26.0 Å². The molecule has 0 radical (unpaired) electrons. The number of hydrogen-bond donors (Lipinski definition) is 1. The monoisotopic (exact) mass is 310 g/mol. The van der Waals surface area contributed by atoms with E-state index in [2.05, 4.69) is 48.5 Å². The van der Waals surface area contributed by atoms with Crippen molar-refractivity contribution in [3.8, 4) is 0 Å². The first-order valence-electron chi connectivity index (χ1n) is 8.10. The molecular formula is C20H26N2O. The fourth-order valence-electron chi connectivity index (χ4n) is 2.61. The molecule has 0 saturated carbocycles. The number of nitrogens with zero attached hydrogens (tertiary/aromatic N) is 1. The first kappa shape index (κ1) is 17.1. The van der Waals surface area contributed by atoms with Crippen LogP contribution in [0, 0.1) is 20.8 Å². The molecule has 0 unspecified atom stereocenters. The molecule has 0 aliphatic heterocycles. The zero-order chi connectivity index (χ0) is 16.8. The second-order valence-electron chi connectivity index (χ2n) is 6.18. The van der Waals surface area contributed by atoms with Gasteiger partial charge in [0, 0.05) is 31.4 Å². The van der Waals surface area contributed by atoms with E-state index in [0.717, 1.165) is 24.1 Å². The van der Waals surface area contributed by atoms with Crippen molar-refractivity contribution in [2.75, 3.05) is 25.0 Å². The van der Waals surface area contributed by atoms with Gasteiger partial charge in [-0.25, -0.2) is 0 Å². The smallest absolute Gasteiger partial charge is 0.251 e. The van der Waals surface area contributed by atoms with E-state index in [1.54, 1.807) is 0 Å². The van der Waals surface area contributed by atoms with Gasteiger partial charge in [-0.15, -0.1) is 0 Å². The van der Waals surface area contributed by atoms with Crippen molar-refractivity contribution >= 4 is 11.6 Å². The quantitative estimate of drug-likeness (QED) is 0.822. The van der Waals surface area contributed by atoms with Crippen molar-refractivity contribution in [1.29, 1.82) is 0 Å². The number of carbonyl (C=O) groups excluding carboxylic acids is 1. The SMILES string of the molecule is Cc1ccc(N(C)CCCNC(=O)c2ccc(C)cc2C)cc1. The second-order valence-corrected chi connectivity index (χ2v) is 6.18. The van der Waals surface area contributed by atoms with Gasteiger partial charge in [0.1, 0.15) is 0 Å². The summed E-state index contributed by atoms with van der Waals surface area (Å²) in [7, 11) is 2.08. The van der Waals surface area contributed by atoms with E-state index in [1.165, 1.54) is 16.8 Å². The van der Waals surface area contributed by atoms with Gasteiger partial charge < -0.3 is 10.2 Å². The molecule has 0 aliphatic rings. The molecule has 3 heteroatoms. The minimum absolute atomic E-state index is 0.0143. The van der Waals surface area contributed by atoms with Gasteiger partial charge in [-0.1, -0.05) is 35.4 Å². The number of anilines is 1. The van der Waals surface area contributed by atoms with Crippen molar-refractivity contribution in [1.82, 2.24) is 5.32 Å². The lowest BCUT2D eigenvalue weighted by molar-refractivity contribution is 0.0953. The Morgan fingerprint density at radius 3 is 2.30 bits per heavy atom. The molecule has 0 bridgehead atoms. The van der Waals surface area contributed by atoms with Gasteiger partial charge in [0.25, 0.3) is 5.91 Å². The molecule has 1 N–H and O–H groups in total. The van der Waals surface area contributed by atoms with Crippen molar-refractivity contribution in [3.05, 3.63) is 64.7 Å². The van der Waals surface area contributed by atoms with Crippen LogP contribution in [0.5, 0.6) is 0 Å². The lowest BCUT2D eigenvalue weighted by Gasteiger charge is -2.19. The van der Waals surface area contributed by atoms with Crippen LogP contribution >= 0.6 is 0 Å². The average Bonchev–Trinajstić information content (AvgIpc) is 2.51. The molecule has 0 fully saturated rings. The van der Waals surface area contributed by atoms with Crippen LogP contribution in [0.1, 0.15) is 33.5 Å². The highest BCUT2D eigenvalue weighted by atomic mass is 16.1. The number of amides is 1. The maximum Gasteiger partial charge on any atom is 0.251 e. The molecule has 1 amide bonds. The average molecular weight is 310 g/mol. The van der Waals surface area contributed by atoms with Crippen molar-refractivity contribution in [2.24, 2.45) is 0 Å². The molecule has 0 atom stereocenters. The summed E-state index contributed by atoms with van der Waals surface area (Å²) in [6.07, 6.45) is 0.918. The van der Waals surface area contributed by atoms with Crippen LogP contribution in [0.15, 0.2) is 42.5 Å². The van der Waals surface area contributed by atoms with Gasteiger partial charge in [0.15, 0.2) is 0 Å². The van der Waals surface area contributed by atoms with Crippen LogP contribution in [0.2, 0.25) is 0 Å². The Kier molecular flexibility index (Phi) is 5.80. The predicted molar refractivity (Wildman–Crippen MR) is 97.3 cm³/mol. The lowest BCUT2D eigenvalue weighted by Crippen LogP contribution is -2.28. The largest absolute Gasteiger partial charge is 0.375 e. The Labute approximate surface area is 139 Å². The number of hydrogen-bond acceptors (Lipinski definition) is 2. The summed E-state index contributed by atoms with van der Waals surface area (Å²) < 4.78 is 0. The van der Waals surface area contributed by atoms with Crippen LogP contribution in [-0.2, 0) is 0 Å². The van der Waals surface area contributed by atoms with Gasteiger partial charge in [-0.2, -0.15) is 0 Å². The third kappa shape index (κ3) is 4.85.